The first-order chi connectivity index (χ1) is 28.6. The number of nitrogen functional groups attached to an aromatic ring is 1. The number of anilines is 1. The molecule has 0 bridgehead atoms. The van der Waals surface area contributed by atoms with E-state index in [0.29, 0.717) is 34.6 Å². The van der Waals surface area contributed by atoms with E-state index in [4.69, 9.17) is 33.7 Å². The molecule has 1 aliphatic heterocycles. The number of nitrogens with two attached hydrogens (primary N) is 1. The summed E-state index contributed by atoms with van der Waals surface area (Å²) >= 11 is 0. The molecule has 0 saturated carbocycles. The third kappa shape index (κ3) is 8.45. The number of ketones is 1. The molecule has 14 heteroatoms. The van der Waals surface area contributed by atoms with Gasteiger partial charge in [0.2, 0.25) is 0 Å². The smallest absolute Gasteiger partial charge is 0.259 e. The maximum absolute atomic E-state index is 15.4. The summed E-state index contributed by atoms with van der Waals surface area (Å²) in [5.74, 6) is 1.29. The lowest BCUT2D eigenvalue weighted by Gasteiger charge is -2.41. The number of benzene rings is 4. The summed E-state index contributed by atoms with van der Waals surface area (Å²) in [6.45, 7) is 8.42. The van der Waals surface area contributed by atoms with Crippen molar-refractivity contribution in [3.63, 3.8) is 0 Å². The van der Waals surface area contributed by atoms with Gasteiger partial charge in [-0.25, -0.2) is 19.6 Å². The van der Waals surface area contributed by atoms with Crippen molar-refractivity contribution in [3.05, 3.63) is 144 Å². The van der Waals surface area contributed by atoms with Crippen molar-refractivity contribution in [2.75, 3.05) is 27.1 Å². The number of rotatable bonds is 17. The summed E-state index contributed by atoms with van der Waals surface area (Å²) in [5.41, 5.74) is 8.52. The Morgan fingerprint density at radius 2 is 1.36 bits per heavy atom. The van der Waals surface area contributed by atoms with Crippen LogP contribution in [0.1, 0.15) is 67.4 Å². The highest BCUT2D eigenvalue weighted by Gasteiger charge is 2.52. The quantitative estimate of drug-likeness (QED) is 0.0536. The summed E-state index contributed by atoms with van der Waals surface area (Å²) in [5, 5.41) is 0. The lowest BCUT2D eigenvalue weighted by atomic mass is 9.79. The molecule has 13 nitrogen and oxygen atoms in total. The van der Waals surface area contributed by atoms with Crippen LogP contribution in [0.3, 0.4) is 0 Å². The van der Waals surface area contributed by atoms with E-state index in [1.54, 1.807) is 39.8 Å². The molecule has 7 rings (SSSR count). The van der Waals surface area contributed by atoms with E-state index in [2.05, 4.69) is 47.3 Å². The molecule has 0 spiro atoms. The van der Waals surface area contributed by atoms with E-state index in [1.165, 1.54) is 6.33 Å². The zero-order valence-electron chi connectivity index (χ0n) is 34.3. The number of fused-ring (bicyclic) bond motifs is 1. The van der Waals surface area contributed by atoms with E-state index in [0.717, 1.165) is 16.7 Å². The zero-order chi connectivity index (χ0) is 41.7. The second kappa shape index (κ2) is 18.3. The monoisotopic (exact) mass is 818 g/mol. The minimum atomic E-state index is -1.64. The Hall–Kier alpha value is -5.27. The van der Waals surface area contributed by atoms with E-state index < -0.39 is 38.7 Å². The number of carbonyl (C=O) groups excluding carboxylic acids is 1. The van der Waals surface area contributed by atoms with Crippen LogP contribution >= 0.6 is 8.53 Å². The van der Waals surface area contributed by atoms with Crippen LogP contribution in [0.15, 0.2) is 122 Å². The lowest BCUT2D eigenvalue weighted by Crippen LogP contribution is -2.49. The van der Waals surface area contributed by atoms with Gasteiger partial charge >= 0.3 is 0 Å². The van der Waals surface area contributed by atoms with E-state index >= 15 is 4.79 Å². The molecule has 5 atom stereocenters. The van der Waals surface area contributed by atoms with Crippen molar-refractivity contribution in [2.45, 2.75) is 76.3 Å². The molecule has 1 fully saturated rings. The number of imidazole rings is 1. The predicted octanol–water partition coefficient (Wildman–Crippen LogP) is 8.35. The normalized spacial score (nSPS) is 18.1. The molecule has 2 unspecified atom stereocenters. The van der Waals surface area contributed by atoms with Gasteiger partial charge in [-0.1, -0.05) is 84.9 Å². The number of carbonyl (C=O) groups is 1. The van der Waals surface area contributed by atoms with Crippen LogP contribution in [-0.4, -0.2) is 81.7 Å². The van der Waals surface area contributed by atoms with Gasteiger partial charge in [0.15, 0.2) is 23.4 Å². The number of hydrogen-bond donors (Lipinski definition) is 1. The Labute approximate surface area is 346 Å². The van der Waals surface area contributed by atoms with Gasteiger partial charge in [-0.05, 0) is 68.7 Å². The fourth-order valence-electron chi connectivity index (χ4n) is 7.82. The van der Waals surface area contributed by atoms with Gasteiger partial charge in [-0.3, -0.25) is 9.36 Å². The van der Waals surface area contributed by atoms with Gasteiger partial charge in [0, 0.05) is 31.2 Å². The minimum Gasteiger partial charge on any atom is -0.497 e. The molecule has 0 radical (unpaired) electrons. The molecule has 6 aromatic rings. The SMILES string of the molecule is COc1ccc(C(OC(C(=O)c2ccccc2)[C@H]2O[C@@H](n3cnc4c(N)ncnc43)C[C@@H]2OP(OC)N(C(C)C)C(C)C)(c2ccccc2)c2ccc(OC)cc2)cc1. The predicted molar refractivity (Wildman–Crippen MR) is 227 cm³/mol. The van der Waals surface area contributed by atoms with Crippen molar-refractivity contribution in [1.29, 1.82) is 0 Å². The molecule has 4 aromatic carbocycles. The lowest BCUT2D eigenvalue weighted by molar-refractivity contribution is -0.124. The average molecular weight is 819 g/mol. The number of ether oxygens (including phenoxy) is 4. The summed E-state index contributed by atoms with van der Waals surface area (Å²) in [6.07, 6.45) is -0.320. The second-order valence-electron chi connectivity index (χ2n) is 14.8. The topological polar surface area (TPSA) is 145 Å². The average Bonchev–Trinajstić information content (AvgIpc) is 3.89. The van der Waals surface area contributed by atoms with Gasteiger partial charge in [-0.2, -0.15) is 0 Å². The fraction of sp³-hybridized carbons (Fsp3) is 0.333. The Morgan fingerprint density at radius 1 is 0.797 bits per heavy atom. The summed E-state index contributed by atoms with van der Waals surface area (Å²) in [7, 11) is 3.25. The second-order valence-corrected chi connectivity index (χ2v) is 16.3. The van der Waals surface area contributed by atoms with Gasteiger partial charge in [0.05, 0.1) is 26.7 Å². The third-order valence-electron chi connectivity index (χ3n) is 10.5. The molecule has 3 heterocycles. The molecule has 59 heavy (non-hydrogen) atoms. The van der Waals surface area contributed by atoms with Crippen molar-refractivity contribution in [2.24, 2.45) is 0 Å². The number of nitrogens with zero attached hydrogens (tertiary/aromatic N) is 5. The van der Waals surface area contributed by atoms with Crippen molar-refractivity contribution in [1.82, 2.24) is 24.2 Å². The third-order valence-corrected chi connectivity index (χ3v) is 12.6. The van der Waals surface area contributed by atoms with Crippen LogP contribution in [0.4, 0.5) is 5.82 Å². The van der Waals surface area contributed by atoms with Gasteiger partial charge in [0.25, 0.3) is 8.53 Å². The van der Waals surface area contributed by atoms with Crippen LogP contribution in [0.5, 0.6) is 11.5 Å². The van der Waals surface area contributed by atoms with E-state index in [9.17, 15) is 0 Å². The first-order valence-corrected chi connectivity index (χ1v) is 20.7. The molecule has 0 aliphatic carbocycles. The van der Waals surface area contributed by atoms with Crippen molar-refractivity contribution < 1.29 is 32.8 Å². The first kappa shape index (κ1) is 41.9. The molecule has 0 amide bonds. The fourth-order valence-corrected chi connectivity index (χ4v) is 9.40. The molecular formula is C45H51N6O7P. The first-order valence-electron chi connectivity index (χ1n) is 19.6. The molecule has 1 saturated heterocycles. The van der Waals surface area contributed by atoms with Crippen LogP contribution in [0, 0.1) is 0 Å². The van der Waals surface area contributed by atoms with Crippen LogP contribution in [0.2, 0.25) is 0 Å². The Bertz CT molecular complexity index is 2240. The van der Waals surface area contributed by atoms with Crippen molar-refractivity contribution in [3.8, 4) is 11.5 Å². The van der Waals surface area contributed by atoms with Gasteiger partial charge < -0.3 is 33.7 Å². The van der Waals surface area contributed by atoms with E-state index in [-0.39, 0.29) is 23.7 Å². The molecular weight excluding hydrogens is 768 g/mol. The van der Waals surface area contributed by atoms with Crippen LogP contribution < -0.4 is 15.2 Å². The summed E-state index contributed by atoms with van der Waals surface area (Å²) in [6, 6.07) is 34.5. The van der Waals surface area contributed by atoms with Crippen LogP contribution in [-0.2, 0) is 24.1 Å². The summed E-state index contributed by atoms with van der Waals surface area (Å²) < 4.78 is 43.2. The number of aromatic nitrogens is 4. The molecule has 2 N–H and O–H groups in total. The maximum Gasteiger partial charge on any atom is 0.259 e. The summed E-state index contributed by atoms with van der Waals surface area (Å²) in [4.78, 5) is 28.6. The Morgan fingerprint density at radius 3 is 1.90 bits per heavy atom. The Kier molecular flexibility index (Phi) is 13.0. The highest BCUT2D eigenvalue weighted by atomic mass is 31.2. The standard InChI is InChI=1S/C45H51N6O7P/c1-29(2)51(30(3)4)59(55-7)58-37-26-38(50-28-49-39-43(46)47-27-48-44(39)50)56-41(37)42(40(52)31-14-10-8-11-15-31)57-45(32-16-12-9-13-17-32,33-18-22-35(53-5)23-19-33)34-20-24-36(54-6)25-21-34/h8-25,27-30,37-38,41-42H,26H2,1-7H3,(H2,46,47,48)/t37-,38+,41-,42?,59?/m0/s1. The highest BCUT2D eigenvalue weighted by molar-refractivity contribution is 7.44. The zero-order valence-corrected chi connectivity index (χ0v) is 35.2. The Balaban J connectivity index is 1.45. The number of hydrogen-bond acceptors (Lipinski definition) is 12. The maximum atomic E-state index is 15.4. The molecule has 308 valence electrons. The van der Waals surface area contributed by atoms with E-state index in [1.807, 2.05) is 102 Å². The number of methoxy groups -OCH3 is 2. The van der Waals surface area contributed by atoms with Gasteiger partial charge in [0.1, 0.15) is 41.3 Å². The number of Topliss-reactive ketones (excluding diaryl/α,β-unsaturated/α-hetero) is 1. The molecule has 1 aliphatic rings. The largest absolute Gasteiger partial charge is 0.497 e. The van der Waals surface area contributed by atoms with Crippen molar-refractivity contribution >= 4 is 31.3 Å². The highest BCUT2D eigenvalue weighted by Crippen LogP contribution is 2.51. The van der Waals surface area contributed by atoms with Crippen LogP contribution in [0.25, 0.3) is 11.2 Å². The van der Waals surface area contributed by atoms with Gasteiger partial charge in [-0.15, -0.1) is 0 Å². The minimum absolute atomic E-state index is 0.0868. The molecule has 2 aromatic heterocycles.